The Balaban J connectivity index is 1.18. The number of aromatic nitrogens is 4. The van der Waals surface area contributed by atoms with Crippen molar-refractivity contribution >= 4 is 39.2 Å². The summed E-state index contributed by atoms with van der Waals surface area (Å²) in [6.45, 7) is 5.26. The molecule has 0 bridgehead atoms. The molecule has 13 heteroatoms. The molecule has 0 spiro atoms. The van der Waals surface area contributed by atoms with Crippen molar-refractivity contribution in [3.05, 3.63) is 72.1 Å². The van der Waals surface area contributed by atoms with Crippen molar-refractivity contribution in [3.63, 3.8) is 0 Å². The fourth-order valence-corrected chi connectivity index (χ4v) is 6.35. The lowest BCUT2D eigenvalue weighted by molar-refractivity contribution is 0.0763. The summed E-state index contributed by atoms with van der Waals surface area (Å²) in [7, 11) is -0.511. The van der Waals surface area contributed by atoms with Crippen LogP contribution in [0.4, 0.5) is 16.0 Å². The largest absolute Gasteiger partial charge is 0.335 e. The molecular formula is C28H33FN8O3S. The first-order chi connectivity index (χ1) is 19.7. The maximum atomic E-state index is 15.2. The van der Waals surface area contributed by atoms with Crippen molar-refractivity contribution in [1.82, 2.24) is 34.2 Å². The van der Waals surface area contributed by atoms with Crippen molar-refractivity contribution in [1.29, 1.82) is 0 Å². The third-order valence-electron chi connectivity index (χ3n) is 7.61. The normalized spacial score (nSPS) is 18.9. The Kier molecular flexibility index (Phi) is 7.62. The lowest BCUT2D eigenvalue weighted by atomic mass is 10.1. The standard InChI is InChI=1S/C28H33FN8O3S/c1-34-8-10-35(11-9-34)19-22-16-21(4-6-30-22)32-28-31-18-20-5-7-37(26(20)33-28)23-2-3-24(25(29)17-23)27(38)36-12-14-41(39,40)15-13-36/h2-7,16-18,39-40H,8-15,19H2,1H3,(H,30,31,32,33). The van der Waals surface area contributed by atoms with Crippen LogP contribution in [0.2, 0.25) is 0 Å². The Labute approximate surface area is 239 Å². The molecule has 11 nitrogen and oxygen atoms in total. The highest BCUT2D eigenvalue weighted by atomic mass is 32.3. The first-order valence-electron chi connectivity index (χ1n) is 13.5. The van der Waals surface area contributed by atoms with Gasteiger partial charge in [-0.2, -0.15) is 15.6 Å². The van der Waals surface area contributed by atoms with Gasteiger partial charge in [0.15, 0.2) is 0 Å². The maximum Gasteiger partial charge on any atom is 0.256 e. The van der Waals surface area contributed by atoms with Crippen molar-refractivity contribution < 1.29 is 18.3 Å². The van der Waals surface area contributed by atoms with Crippen molar-refractivity contribution in [2.24, 2.45) is 0 Å². The number of rotatable bonds is 6. The van der Waals surface area contributed by atoms with Crippen molar-refractivity contribution in [2.45, 2.75) is 6.54 Å². The fourth-order valence-electron chi connectivity index (χ4n) is 5.12. The van der Waals surface area contributed by atoms with Gasteiger partial charge in [-0.15, -0.1) is 0 Å². The first-order valence-corrected chi connectivity index (χ1v) is 15.4. The molecule has 0 aliphatic carbocycles. The number of piperazine rings is 1. The summed E-state index contributed by atoms with van der Waals surface area (Å²) in [5, 5.41) is 4.05. The number of benzene rings is 1. The topological polar surface area (TPSA) is 123 Å². The van der Waals surface area contributed by atoms with E-state index in [0.717, 1.165) is 49.5 Å². The average Bonchev–Trinajstić information content (AvgIpc) is 3.37. The quantitative estimate of drug-likeness (QED) is 0.314. The van der Waals surface area contributed by atoms with Gasteiger partial charge in [-0.25, -0.2) is 9.37 Å². The second-order valence-electron chi connectivity index (χ2n) is 10.6. The third kappa shape index (κ3) is 6.19. The third-order valence-corrected chi connectivity index (χ3v) is 9.28. The van der Waals surface area contributed by atoms with E-state index in [0.29, 0.717) is 17.3 Å². The molecule has 0 atom stereocenters. The predicted octanol–water partition coefficient (Wildman–Crippen LogP) is 3.65. The average molecular weight is 581 g/mol. The lowest BCUT2D eigenvalue weighted by Crippen LogP contribution is -2.44. The van der Waals surface area contributed by atoms with Gasteiger partial charge in [-0.05, 0) is 43.4 Å². The number of carbonyl (C=O) groups is 1. The molecule has 2 aliphatic rings. The van der Waals surface area contributed by atoms with Gasteiger partial charge in [0.1, 0.15) is 11.5 Å². The van der Waals surface area contributed by atoms with Crippen LogP contribution in [0.25, 0.3) is 16.7 Å². The number of amides is 1. The highest BCUT2D eigenvalue weighted by Crippen LogP contribution is 2.40. The second-order valence-corrected chi connectivity index (χ2v) is 13.0. The zero-order valence-corrected chi connectivity index (χ0v) is 23.6. The van der Waals surface area contributed by atoms with E-state index < -0.39 is 22.3 Å². The number of hydrogen-bond acceptors (Lipinski definition) is 9. The number of carbonyl (C=O) groups excluding carboxylic acids is 1. The number of nitrogens with zero attached hydrogens (tertiary/aromatic N) is 7. The van der Waals surface area contributed by atoms with Crippen LogP contribution < -0.4 is 5.32 Å². The monoisotopic (exact) mass is 580 g/mol. The number of pyridine rings is 1. The highest BCUT2D eigenvalue weighted by Gasteiger charge is 2.27. The minimum atomic E-state index is -2.65. The van der Waals surface area contributed by atoms with E-state index in [1.54, 1.807) is 29.2 Å². The van der Waals surface area contributed by atoms with Crippen molar-refractivity contribution in [3.8, 4) is 5.69 Å². The van der Waals surface area contributed by atoms with Gasteiger partial charge >= 0.3 is 0 Å². The number of halogens is 1. The molecule has 6 rings (SSSR count). The summed E-state index contributed by atoms with van der Waals surface area (Å²) in [5.41, 5.74) is 2.85. The van der Waals surface area contributed by atoms with Crippen LogP contribution in [0, 0.1) is 5.82 Å². The number of hydrogen-bond donors (Lipinski definition) is 3. The van der Waals surface area contributed by atoms with Crippen LogP contribution >= 0.6 is 10.6 Å². The SMILES string of the molecule is CN1CCN(Cc2cc(Nc3ncc4ccn(-c5ccc(C(=O)N6CCS(O)(O)CC6)c(F)c5)c4n3)ccn2)CC1. The summed E-state index contributed by atoms with van der Waals surface area (Å²) in [4.78, 5) is 32.7. The molecule has 5 heterocycles. The molecule has 4 aromatic rings. The molecule has 2 saturated heterocycles. The van der Waals surface area contributed by atoms with Gasteiger partial charge in [-0.1, -0.05) is 0 Å². The molecule has 0 radical (unpaired) electrons. The molecule has 2 aliphatic heterocycles. The number of anilines is 2. The molecule has 1 amide bonds. The molecule has 1 aromatic carbocycles. The zero-order valence-electron chi connectivity index (χ0n) is 22.8. The van der Waals surface area contributed by atoms with Crippen LogP contribution in [-0.4, -0.2) is 107 Å². The number of likely N-dealkylation sites (N-methyl/N-ethyl adjacent to an activating group) is 1. The van der Waals surface area contributed by atoms with Crippen LogP contribution in [0.3, 0.4) is 0 Å². The van der Waals surface area contributed by atoms with E-state index in [1.165, 1.54) is 17.0 Å². The van der Waals surface area contributed by atoms with Crippen molar-refractivity contribution in [2.75, 3.05) is 63.1 Å². The van der Waals surface area contributed by atoms with Gasteiger partial charge in [0.25, 0.3) is 5.91 Å². The second kappa shape index (κ2) is 11.3. The van der Waals surface area contributed by atoms with E-state index in [-0.39, 0.29) is 30.2 Å². The van der Waals surface area contributed by atoms with Gasteiger partial charge in [-0.3, -0.25) is 23.8 Å². The van der Waals surface area contributed by atoms with E-state index in [1.807, 2.05) is 18.2 Å². The molecule has 0 unspecified atom stereocenters. The van der Waals surface area contributed by atoms with E-state index in [9.17, 15) is 13.9 Å². The van der Waals surface area contributed by atoms with Gasteiger partial charge in [0, 0.05) is 81.2 Å². The number of fused-ring (bicyclic) bond motifs is 1. The Hall–Kier alpha value is -3.62. The molecular weight excluding hydrogens is 547 g/mol. The van der Waals surface area contributed by atoms with Crippen LogP contribution in [-0.2, 0) is 6.54 Å². The summed E-state index contributed by atoms with van der Waals surface area (Å²) in [6.07, 6.45) is 5.27. The Morgan fingerprint density at radius 3 is 2.56 bits per heavy atom. The van der Waals surface area contributed by atoms with E-state index >= 15 is 4.39 Å². The van der Waals surface area contributed by atoms with E-state index in [2.05, 4.69) is 32.1 Å². The highest BCUT2D eigenvalue weighted by molar-refractivity contribution is 8.24. The summed E-state index contributed by atoms with van der Waals surface area (Å²) in [6, 6.07) is 10.2. The minimum Gasteiger partial charge on any atom is -0.335 e. The minimum absolute atomic E-state index is 0.0503. The molecule has 0 saturated carbocycles. The first kappa shape index (κ1) is 27.5. The Bertz CT molecular complexity index is 1560. The maximum absolute atomic E-state index is 15.2. The van der Waals surface area contributed by atoms with E-state index in [4.69, 9.17) is 4.98 Å². The predicted molar refractivity (Wildman–Crippen MR) is 158 cm³/mol. The van der Waals surface area contributed by atoms with Crippen LogP contribution in [0.5, 0.6) is 0 Å². The fraction of sp³-hybridized carbons (Fsp3) is 0.357. The number of nitrogens with one attached hydrogen (secondary N) is 1. The van der Waals surface area contributed by atoms with Gasteiger partial charge in [0.2, 0.25) is 5.95 Å². The smallest absolute Gasteiger partial charge is 0.256 e. The van der Waals surface area contributed by atoms with Gasteiger partial charge in [0.05, 0.1) is 22.8 Å². The van der Waals surface area contributed by atoms with Crippen LogP contribution in [0.15, 0.2) is 55.0 Å². The molecule has 3 N–H and O–H groups in total. The molecule has 216 valence electrons. The van der Waals surface area contributed by atoms with Gasteiger partial charge < -0.3 is 19.7 Å². The summed E-state index contributed by atoms with van der Waals surface area (Å²) < 4.78 is 36.6. The Morgan fingerprint density at radius 2 is 1.80 bits per heavy atom. The molecule has 41 heavy (non-hydrogen) atoms. The summed E-state index contributed by atoms with van der Waals surface area (Å²) in [5.74, 6) is -0.484. The van der Waals surface area contributed by atoms with Crippen LogP contribution in [0.1, 0.15) is 16.1 Å². The zero-order chi connectivity index (χ0) is 28.6. The Morgan fingerprint density at radius 1 is 1.02 bits per heavy atom. The summed E-state index contributed by atoms with van der Waals surface area (Å²) >= 11 is 0. The molecule has 2 fully saturated rings. The lowest BCUT2D eigenvalue weighted by Gasteiger charge is -2.40. The molecule has 3 aromatic heterocycles.